The van der Waals surface area contributed by atoms with Crippen LogP contribution in [0.25, 0.3) is 0 Å². The summed E-state index contributed by atoms with van der Waals surface area (Å²) in [5.41, 5.74) is 2.42. The third-order valence-electron chi connectivity index (χ3n) is 7.41. The van der Waals surface area contributed by atoms with Crippen LogP contribution in [0.1, 0.15) is 22.7 Å². The lowest BCUT2D eigenvalue weighted by Gasteiger charge is -2.31. The third kappa shape index (κ3) is 9.26. The number of halogens is 2. The van der Waals surface area contributed by atoms with Gasteiger partial charge in [-0.05, 0) is 83.8 Å². The van der Waals surface area contributed by atoms with Crippen molar-refractivity contribution in [1.29, 1.82) is 0 Å². The molecule has 5 rings (SSSR count). The summed E-state index contributed by atoms with van der Waals surface area (Å²) in [6.07, 6.45) is 0.592. The molecule has 0 aliphatic rings. The molecule has 11 heteroatoms. The first kappa shape index (κ1) is 33.8. The molecule has 0 saturated heterocycles. The average Bonchev–Trinajstić information content (AvgIpc) is 3.10. The molecule has 0 spiro atoms. The van der Waals surface area contributed by atoms with Crippen molar-refractivity contribution >= 4 is 27.5 Å². The molecule has 5 aromatic carbocycles. The first-order chi connectivity index (χ1) is 23.2. The fourth-order valence-corrected chi connectivity index (χ4v) is 6.02. The largest absolute Gasteiger partial charge is 0.484 e. The number of hydrogen-bond acceptors (Lipinski definition) is 5. The zero-order valence-corrected chi connectivity index (χ0v) is 26.6. The van der Waals surface area contributed by atoms with Crippen molar-refractivity contribution in [2.24, 2.45) is 0 Å². The molecule has 5 aromatic rings. The Morgan fingerprint density at radius 3 is 1.92 bits per heavy atom. The fourth-order valence-electron chi connectivity index (χ4n) is 4.96. The number of carbonyl (C=O) groups excluding carboxylic acids is 2. The lowest BCUT2D eigenvalue weighted by molar-refractivity contribution is -0.143. The van der Waals surface area contributed by atoms with Gasteiger partial charge < -0.3 is 15.0 Å². The predicted octanol–water partition coefficient (Wildman–Crippen LogP) is 6.27. The molecule has 0 bridgehead atoms. The molecule has 1 unspecified atom stereocenters. The standard InChI is InChI=1S/C37H33F2N3O5S/c38-30-13-11-28(12-14-30)25-42(36(29-9-5-2-6-10-29)37(44)40-24-23-27-7-3-1-4-8-27)35(43)26-47-33-19-21-34(22-20-33)48(45,46)41-32-17-15-31(39)16-18-32/h1-22,36,41H,23-26H2,(H,40,44). The highest BCUT2D eigenvalue weighted by Crippen LogP contribution is 2.25. The number of ether oxygens (including phenoxy) is 1. The number of amides is 2. The van der Waals surface area contributed by atoms with Gasteiger partial charge in [-0.15, -0.1) is 0 Å². The van der Waals surface area contributed by atoms with E-state index in [0.717, 1.165) is 17.7 Å². The van der Waals surface area contributed by atoms with Crippen molar-refractivity contribution in [3.05, 3.63) is 162 Å². The Kier molecular flexibility index (Phi) is 11.1. The Morgan fingerprint density at radius 1 is 0.708 bits per heavy atom. The first-order valence-corrected chi connectivity index (χ1v) is 16.6. The number of anilines is 1. The van der Waals surface area contributed by atoms with E-state index in [-0.39, 0.29) is 22.9 Å². The van der Waals surface area contributed by atoms with Crippen molar-refractivity contribution in [2.45, 2.75) is 23.9 Å². The van der Waals surface area contributed by atoms with Crippen LogP contribution in [0.4, 0.5) is 14.5 Å². The molecule has 1 atom stereocenters. The number of sulfonamides is 1. The number of rotatable bonds is 14. The van der Waals surface area contributed by atoms with Crippen molar-refractivity contribution in [1.82, 2.24) is 10.2 Å². The monoisotopic (exact) mass is 669 g/mol. The molecule has 0 aliphatic heterocycles. The van der Waals surface area contributed by atoms with E-state index in [2.05, 4.69) is 10.0 Å². The van der Waals surface area contributed by atoms with Crippen molar-refractivity contribution < 1.29 is 31.5 Å². The van der Waals surface area contributed by atoms with Crippen LogP contribution in [0.2, 0.25) is 0 Å². The second kappa shape index (κ2) is 15.8. The van der Waals surface area contributed by atoms with E-state index in [1.165, 1.54) is 53.4 Å². The molecule has 48 heavy (non-hydrogen) atoms. The van der Waals surface area contributed by atoms with Gasteiger partial charge in [0.1, 0.15) is 23.4 Å². The molecule has 0 radical (unpaired) electrons. The highest BCUT2D eigenvalue weighted by Gasteiger charge is 2.32. The molecule has 0 aromatic heterocycles. The second-order valence-electron chi connectivity index (χ2n) is 10.9. The van der Waals surface area contributed by atoms with Gasteiger partial charge in [-0.3, -0.25) is 14.3 Å². The van der Waals surface area contributed by atoms with Crippen molar-refractivity contribution in [3.8, 4) is 5.75 Å². The third-order valence-corrected chi connectivity index (χ3v) is 8.81. The van der Waals surface area contributed by atoms with Crippen molar-refractivity contribution in [2.75, 3.05) is 17.9 Å². The molecular formula is C37H33F2N3O5S. The average molecular weight is 670 g/mol. The van der Waals surface area contributed by atoms with Gasteiger partial charge in [-0.1, -0.05) is 72.8 Å². The lowest BCUT2D eigenvalue weighted by Crippen LogP contribution is -2.45. The van der Waals surface area contributed by atoms with Gasteiger partial charge >= 0.3 is 0 Å². The highest BCUT2D eigenvalue weighted by molar-refractivity contribution is 7.92. The molecule has 0 heterocycles. The SMILES string of the molecule is O=C(NCCc1ccccc1)C(c1ccccc1)N(Cc1ccc(F)cc1)C(=O)COc1ccc(S(=O)(=O)Nc2ccc(F)cc2)cc1. The van der Waals surface area contributed by atoms with Gasteiger partial charge in [0.2, 0.25) is 5.91 Å². The lowest BCUT2D eigenvalue weighted by atomic mass is 10.0. The molecule has 0 fully saturated rings. The van der Waals surface area contributed by atoms with E-state index in [0.29, 0.717) is 24.1 Å². The maximum Gasteiger partial charge on any atom is 0.261 e. The molecule has 0 aliphatic carbocycles. The molecule has 8 nitrogen and oxygen atoms in total. The summed E-state index contributed by atoms with van der Waals surface area (Å²) in [6.45, 7) is -0.144. The highest BCUT2D eigenvalue weighted by atomic mass is 32.2. The first-order valence-electron chi connectivity index (χ1n) is 15.1. The minimum absolute atomic E-state index is 0.0135. The van der Waals surface area contributed by atoms with Gasteiger partial charge in [0.05, 0.1) is 4.90 Å². The zero-order valence-electron chi connectivity index (χ0n) is 25.8. The minimum atomic E-state index is -3.98. The van der Waals surface area contributed by atoms with Crippen LogP contribution in [-0.4, -0.2) is 38.3 Å². The maximum absolute atomic E-state index is 13.9. The van der Waals surface area contributed by atoms with Gasteiger partial charge in [0.25, 0.3) is 15.9 Å². The van der Waals surface area contributed by atoms with Crippen LogP contribution >= 0.6 is 0 Å². The number of hydrogen-bond donors (Lipinski definition) is 2. The van der Waals surface area contributed by atoms with Crippen LogP contribution in [0.15, 0.2) is 138 Å². The van der Waals surface area contributed by atoms with E-state index in [9.17, 15) is 26.8 Å². The Balaban J connectivity index is 1.33. The van der Waals surface area contributed by atoms with Crippen LogP contribution < -0.4 is 14.8 Å². The number of nitrogens with one attached hydrogen (secondary N) is 2. The van der Waals surface area contributed by atoms with Crippen LogP contribution in [0.3, 0.4) is 0 Å². The zero-order chi connectivity index (χ0) is 33.9. The summed E-state index contributed by atoms with van der Waals surface area (Å²) in [4.78, 5) is 29.0. The van der Waals surface area contributed by atoms with E-state index in [1.54, 1.807) is 36.4 Å². The van der Waals surface area contributed by atoms with Gasteiger partial charge in [0, 0.05) is 18.8 Å². The quantitative estimate of drug-likeness (QED) is 0.145. The van der Waals surface area contributed by atoms with E-state index >= 15 is 0 Å². The summed E-state index contributed by atoms with van der Waals surface area (Å²) in [6, 6.07) is 33.5. The Morgan fingerprint density at radius 2 is 1.29 bits per heavy atom. The summed E-state index contributed by atoms with van der Waals surface area (Å²) in [5.74, 6) is -1.63. The van der Waals surface area contributed by atoms with Gasteiger partial charge in [-0.25, -0.2) is 17.2 Å². The normalized spacial score (nSPS) is 11.7. The van der Waals surface area contributed by atoms with E-state index in [4.69, 9.17) is 4.74 Å². The minimum Gasteiger partial charge on any atom is -0.484 e. The smallest absolute Gasteiger partial charge is 0.261 e. The van der Waals surface area contributed by atoms with Crippen LogP contribution in [0.5, 0.6) is 5.75 Å². The van der Waals surface area contributed by atoms with Crippen molar-refractivity contribution in [3.63, 3.8) is 0 Å². The number of nitrogens with zero attached hydrogens (tertiary/aromatic N) is 1. The van der Waals surface area contributed by atoms with Gasteiger partial charge in [0.15, 0.2) is 6.61 Å². The molecule has 2 amide bonds. The Bertz CT molecular complexity index is 1910. The van der Waals surface area contributed by atoms with Gasteiger partial charge in [-0.2, -0.15) is 0 Å². The molecule has 0 saturated carbocycles. The second-order valence-corrected chi connectivity index (χ2v) is 12.5. The predicted molar refractivity (Wildman–Crippen MR) is 178 cm³/mol. The summed E-state index contributed by atoms with van der Waals surface area (Å²) >= 11 is 0. The van der Waals surface area contributed by atoms with Crippen LogP contribution in [0, 0.1) is 11.6 Å². The number of carbonyl (C=O) groups is 2. The van der Waals surface area contributed by atoms with E-state index < -0.39 is 46.1 Å². The maximum atomic E-state index is 13.9. The summed E-state index contributed by atoms with van der Waals surface area (Å²) < 4.78 is 60.7. The topological polar surface area (TPSA) is 105 Å². The molecular weight excluding hydrogens is 636 g/mol. The Hall–Kier alpha value is -5.55. The molecule has 246 valence electrons. The summed E-state index contributed by atoms with van der Waals surface area (Å²) in [7, 11) is -3.98. The fraction of sp³-hybridized carbons (Fsp3) is 0.135. The van der Waals surface area contributed by atoms with E-state index in [1.807, 2.05) is 36.4 Å². The number of benzene rings is 5. The molecule has 2 N–H and O–H groups in total. The summed E-state index contributed by atoms with van der Waals surface area (Å²) in [5, 5.41) is 2.96. The van der Waals surface area contributed by atoms with Crippen LogP contribution in [-0.2, 0) is 32.6 Å². The Labute approximate surface area is 278 Å².